The quantitative estimate of drug-likeness (QED) is 0.523. The van der Waals surface area contributed by atoms with Crippen molar-refractivity contribution in [2.24, 2.45) is 0 Å². The Bertz CT molecular complexity index is 617. The fourth-order valence-electron chi connectivity index (χ4n) is 2.18. The van der Waals surface area contributed by atoms with E-state index >= 15 is 0 Å². The van der Waals surface area contributed by atoms with Gasteiger partial charge in [0.25, 0.3) is 0 Å². The number of benzene rings is 2. The van der Waals surface area contributed by atoms with Crippen molar-refractivity contribution in [1.29, 1.82) is 0 Å². The van der Waals surface area contributed by atoms with Gasteiger partial charge in [0.15, 0.2) is 0 Å². The van der Waals surface area contributed by atoms with Crippen LogP contribution in [0.2, 0.25) is 0 Å². The molecule has 3 aromatic carbocycles. The molecule has 0 bridgehead atoms. The van der Waals surface area contributed by atoms with Crippen LogP contribution in [0, 0.1) is 0 Å². The monoisotopic (exact) mass is 365 g/mol. The zero-order valence-corrected chi connectivity index (χ0v) is 14.3. The van der Waals surface area contributed by atoms with Gasteiger partial charge < -0.3 is 0 Å². The van der Waals surface area contributed by atoms with Gasteiger partial charge in [-0.3, -0.25) is 0 Å². The van der Waals surface area contributed by atoms with Crippen molar-refractivity contribution in [2.45, 2.75) is 6.42 Å². The molecule has 19 heavy (non-hydrogen) atoms. The maximum Gasteiger partial charge on any atom is -0.0442 e. The predicted molar refractivity (Wildman–Crippen MR) is 80.5 cm³/mol. The molecule has 96 valence electrons. The van der Waals surface area contributed by atoms with Gasteiger partial charge in [-0.05, 0) is 6.42 Å². The molecule has 0 saturated carbocycles. The van der Waals surface area contributed by atoms with Crippen LogP contribution < -0.4 is 0 Å². The Labute approximate surface area is 132 Å². The van der Waals surface area contributed by atoms with Gasteiger partial charge in [0.05, 0.1) is 0 Å². The molecule has 3 heteroatoms. The summed E-state index contributed by atoms with van der Waals surface area (Å²) in [6.07, 6.45) is 1.02. The molecule has 0 fully saturated rings. The van der Waals surface area contributed by atoms with Gasteiger partial charge in [-0.15, -0.1) is 46.7 Å². The topological polar surface area (TPSA) is 0 Å². The van der Waals surface area contributed by atoms with Gasteiger partial charge in [-0.2, -0.15) is 0 Å². The average molecular weight is 367 g/mol. The minimum atomic E-state index is -0.826. The summed E-state index contributed by atoms with van der Waals surface area (Å²) in [6.45, 7) is 0. The van der Waals surface area contributed by atoms with Crippen LogP contribution in [0.3, 0.4) is 0 Å². The molecule has 0 spiro atoms. The zero-order chi connectivity index (χ0) is 13.5. The Balaban J connectivity index is 0.000000408. The van der Waals surface area contributed by atoms with Crippen molar-refractivity contribution < 1.29 is 20.8 Å². The van der Waals surface area contributed by atoms with E-state index in [1.54, 1.807) is 0 Å². The van der Waals surface area contributed by atoms with Crippen molar-refractivity contribution in [2.75, 3.05) is 0 Å². The van der Waals surface area contributed by atoms with Gasteiger partial charge in [0, 0.05) is 0 Å². The summed E-state index contributed by atoms with van der Waals surface area (Å²) < 4.78 is 0. The van der Waals surface area contributed by atoms with Crippen molar-refractivity contribution in [3.63, 3.8) is 0 Å². The summed E-state index contributed by atoms with van der Waals surface area (Å²) in [5.41, 5.74) is 2.79. The third-order valence-corrected chi connectivity index (χ3v) is 3.01. The first-order valence-corrected chi connectivity index (χ1v) is 12.3. The van der Waals surface area contributed by atoms with Crippen molar-refractivity contribution in [3.05, 3.63) is 77.9 Å². The molecule has 0 atom stereocenters. The summed E-state index contributed by atoms with van der Waals surface area (Å²) in [5, 5.41) is 2.72. The van der Waals surface area contributed by atoms with Crippen LogP contribution in [-0.2, 0) is 27.3 Å². The fraction of sp³-hybridized carbons (Fsp3) is 0.0625. The second-order valence-electron chi connectivity index (χ2n) is 4.18. The molecular weight excluding hydrogens is 354 g/mol. The van der Waals surface area contributed by atoms with E-state index in [1.165, 1.54) is 21.9 Å². The van der Waals surface area contributed by atoms with E-state index in [0.29, 0.717) is 0 Å². The fourth-order valence-corrected chi connectivity index (χ4v) is 2.18. The minimum absolute atomic E-state index is 0.826. The normalized spacial score (nSPS) is 9.79. The van der Waals surface area contributed by atoms with Crippen LogP contribution in [0.4, 0.5) is 0 Å². The molecule has 3 rings (SSSR count). The van der Waals surface area contributed by atoms with Crippen LogP contribution in [0.25, 0.3) is 10.8 Å². The average Bonchev–Trinajstić information content (AvgIpc) is 2.85. The number of hydrogen-bond donors (Lipinski definition) is 0. The maximum atomic E-state index is 4.93. The Morgan fingerprint density at radius 3 is 2.26 bits per heavy atom. The van der Waals surface area contributed by atoms with E-state index in [-0.39, 0.29) is 0 Å². The minimum Gasteiger partial charge on any atom is -0.150 e. The largest absolute Gasteiger partial charge is 0.150 e. The van der Waals surface area contributed by atoms with Crippen LogP contribution in [0.1, 0.15) is 11.1 Å². The van der Waals surface area contributed by atoms with E-state index in [9.17, 15) is 0 Å². The molecule has 0 N–H and O–H groups in total. The second-order valence-corrected chi connectivity index (χ2v) is 7.91. The molecule has 0 heterocycles. The first-order chi connectivity index (χ1) is 9.35. The molecule has 0 aliphatic carbocycles. The molecule has 0 amide bonds. The molecule has 0 saturated heterocycles. The smallest absolute Gasteiger partial charge is 0.0442 e. The van der Waals surface area contributed by atoms with Crippen LogP contribution in [0.5, 0.6) is 0 Å². The number of rotatable bonds is 2. The summed E-state index contributed by atoms with van der Waals surface area (Å²) in [6, 6.07) is 23.6. The first-order valence-electron chi connectivity index (χ1n) is 5.98. The molecular formula is C16H13Cl2Zr-. The van der Waals surface area contributed by atoms with Gasteiger partial charge in [0.1, 0.15) is 0 Å². The Kier molecular flexibility index (Phi) is 6.24. The van der Waals surface area contributed by atoms with E-state index < -0.39 is 20.8 Å². The molecule has 3 aromatic rings. The Hall–Kier alpha value is -0.487. The number of hydrogen-bond acceptors (Lipinski definition) is 0. The van der Waals surface area contributed by atoms with E-state index in [2.05, 4.69) is 66.7 Å². The summed E-state index contributed by atoms with van der Waals surface area (Å²) in [4.78, 5) is 0. The summed E-state index contributed by atoms with van der Waals surface area (Å²) in [7, 11) is 9.87. The summed E-state index contributed by atoms with van der Waals surface area (Å²) >= 11 is -0.826. The van der Waals surface area contributed by atoms with Gasteiger partial charge in [-0.25, -0.2) is 0 Å². The number of fused-ring (bicyclic) bond motifs is 1. The molecule has 0 aliphatic heterocycles. The molecule has 0 aliphatic rings. The van der Waals surface area contributed by atoms with Crippen molar-refractivity contribution in [1.82, 2.24) is 0 Å². The van der Waals surface area contributed by atoms with Crippen molar-refractivity contribution in [3.8, 4) is 0 Å². The molecule has 0 nitrogen and oxygen atoms in total. The van der Waals surface area contributed by atoms with Crippen LogP contribution >= 0.6 is 17.0 Å². The second kappa shape index (κ2) is 7.95. The number of halogens is 2. The van der Waals surface area contributed by atoms with Gasteiger partial charge >= 0.3 is 37.9 Å². The molecule has 0 radical (unpaired) electrons. The Morgan fingerprint density at radius 1 is 0.895 bits per heavy atom. The van der Waals surface area contributed by atoms with Crippen LogP contribution in [0.15, 0.2) is 66.7 Å². The van der Waals surface area contributed by atoms with Crippen molar-refractivity contribution >= 4 is 27.8 Å². The molecule has 0 unspecified atom stereocenters. The van der Waals surface area contributed by atoms with E-state index in [1.807, 2.05) is 0 Å². The standard InChI is InChI=1S/C16H13.2ClH.Zr/c1-2-6-13(7-3-1)12-15-11-10-14-8-4-5-9-16(14)15;;;/h1-11H,12H2;2*1H;/q-1;;;+2/p-2. The first kappa shape index (κ1) is 14.9. The third-order valence-electron chi connectivity index (χ3n) is 3.01. The van der Waals surface area contributed by atoms with Crippen LogP contribution in [-0.4, -0.2) is 0 Å². The summed E-state index contributed by atoms with van der Waals surface area (Å²) in [5.74, 6) is 0. The zero-order valence-electron chi connectivity index (χ0n) is 10.3. The SMILES string of the molecule is [Cl][Zr][Cl].c1ccc(Cc2c[cH-]c3ccccc23)cc1. The van der Waals surface area contributed by atoms with E-state index in [0.717, 1.165) is 6.42 Å². The third kappa shape index (κ3) is 4.24. The van der Waals surface area contributed by atoms with Gasteiger partial charge in [0.2, 0.25) is 0 Å². The molecule has 0 aromatic heterocycles. The maximum absolute atomic E-state index is 4.93. The Morgan fingerprint density at radius 2 is 1.53 bits per heavy atom. The van der Waals surface area contributed by atoms with E-state index in [4.69, 9.17) is 17.0 Å². The van der Waals surface area contributed by atoms with Gasteiger partial charge in [-0.1, -0.05) is 42.0 Å². The predicted octanol–water partition coefficient (Wildman–Crippen LogP) is 5.53.